The molecule has 0 rings (SSSR count). The van der Waals surface area contributed by atoms with Crippen LogP contribution in [0.2, 0.25) is 0 Å². The largest absolute Gasteiger partial charge is 0.462 e. The maximum Gasteiger partial charge on any atom is 0.306 e. The smallest absolute Gasteiger partial charge is 0.306 e. The third-order valence-corrected chi connectivity index (χ3v) is 14.7. The van der Waals surface area contributed by atoms with Crippen molar-refractivity contribution in [2.24, 2.45) is 0 Å². The lowest BCUT2D eigenvalue weighted by Gasteiger charge is -2.18. The van der Waals surface area contributed by atoms with Crippen LogP contribution in [0.5, 0.6) is 0 Å². The van der Waals surface area contributed by atoms with Gasteiger partial charge in [-0.1, -0.05) is 313 Å². The van der Waals surface area contributed by atoms with Gasteiger partial charge in [-0.2, -0.15) is 0 Å². The monoisotopic (exact) mass is 1060 g/mol. The summed E-state index contributed by atoms with van der Waals surface area (Å²) < 4.78 is 16.9. The fourth-order valence-corrected chi connectivity index (χ4v) is 9.79. The molecular formula is C70H126O6. The van der Waals surface area contributed by atoms with Gasteiger partial charge >= 0.3 is 17.9 Å². The van der Waals surface area contributed by atoms with Crippen LogP contribution >= 0.6 is 0 Å². The van der Waals surface area contributed by atoms with Crippen LogP contribution in [-0.2, 0) is 28.6 Å². The zero-order chi connectivity index (χ0) is 55.0. The van der Waals surface area contributed by atoms with E-state index in [0.29, 0.717) is 19.3 Å². The highest BCUT2D eigenvalue weighted by Crippen LogP contribution is 2.18. The van der Waals surface area contributed by atoms with Crippen molar-refractivity contribution < 1.29 is 28.6 Å². The second-order valence-corrected chi connectivity index (χ2v) is 22.4. The standard InChI is InChI=1S/C70H126O6/c1-4-7-10-13-16-19-22-24-25-26-27-28-29-30-31-32-33-34-35-36-37-38-39-40-41-42-43-44-45-47-48-51-54-57-60-63-69(72)75-66-67(65-74-68(71)62-59-56-53-50-21-18-15-12-9-6-3)76-70(73)64-61-58-55-52-49-46-23-20-17-14-11-8-5-2/h7,10,12,15-16,19,24-25,27-28,67H,4-6,8-9,11,13-14,17-18,20-23,26,29-66H2,1-3H3/b10-7-,15-12-,19-16-,25-24-,28-27-. The number of allylic oxidation sites excluding steroid dienone is 10. The highest BCUT2D eigenvalue weighted by molar-refractivity contribution is 5.71. The number of carbonyl (C=O) groups excluding carboxylic acids is 3. The molecule has 76 heavy (non-hydrogen) atoms. The van der Waals surface area contributed by atoms with Crippen molar-refractivity contribution in [3.63, 3.8) is 0 Å². The molecular weight excluding hydrogens is 937 g/mol. The van der Waals surface area contributed by atoms with Gasteiger partial charge in [0, 0.05) is 19.3 Å². The Bertz CT molecular complexity index is 1360. The molecule has 0 N–H and O–H groups in total. The summed E-state index contributed by atoms with van der Waals surface area (Å²) in [7, 11) is 0. The number of esters is 3. The summed E-state index contributed by atoms with van der Waals surface area (Å²) in [5.74, 6) is -0.862. The van der Waals surface area contributed by atoms with Crippen molar-refractivity contribution >= 4 is 17.9 Å². The van der Waals surface area contributed by atoms with E-state index < -0.39 is 6.10 Å². The first-order chi connectivity index (χ1) is 37.5. The molecule has 0 aromatic heterocycles. The Morgan fingerprint density at radius 2 is 0.539 bits per heavy atom. The predicted molar refractivity (Wildman–Crippen MR) is 330 cm³/mol. The third-order valence-electron chi connectivity index (χ3n) is 14.7. The maximum absolute atomic E-state index is 12.8. The number of unbranched alkanes of at least 4 members (excludes halogenated alkanes) is 40. The number of rotatable bonds is 61. The van der Waals surface area contributed by atoms with Gasteiger partial charge < -0.3 is 14.2 Å². The molecule has 0 spiro atoms. The molecule has 0 aliphatic heterocycles. The molecule has 1 atom stereocenters. The average molecular weight is 1060 g/mol. The minimum absolute atomic E-state index is 0.0704. The average Bonchev–Trinajstić information content (AvgIpc) is 3.42. The number of hydrogen-bond donors (Lipinski definition) is 0. The highest BCUT2D eigenvalue weighted by atomic mass is 16.6. The molecule has 0 radical (unpaired) electrons. The lowest BCUT2D eigenvalue weighted by atomic mass is 10.0. The Kier molecular flexibility index (Phi) is 62.2. The Balaban J connectivity index is 3.98. The highest BCUT2D eigenvalue weighted by Gasteiger charge is 2.19. The molecule has 0 aromatic rings. The van der Waals surface area contributed by atoms with E-state index >= 15 is 0 Å². The molecule has 0 aliphatic rings. The van der Waals surface area contributed by atoms with Crippen molar-refractivity contribution in [2.45, 2.75) is 354 Å². The molecule has 442 valence electrons. The van der Waals surface area contributed by atoms with Gasteiger partial charge in [0.1, 0.15) is 13.2 Å². The molecule has 0 fully saturated rings. The third kappa shape index (κ3) is 62.0. The fraction of sp³-hybridized carbons (Fsp3) is 0.814. The Morgan fingerprint density at radius 1 is 0.276 bits per heavy atom. The number of carbonyl (C=O) groups is 3. The first-order valence-electron chi connectivity index (χ1n) is 33.3. The minimum Gasteiger partial charge on any atom is -0.462 e. The molecule has 0 aliphatic carbocycles. The molecule has 1 unspecified atom stereocenters. The van der Waals surface area contributed by atoms with E-state index in [-0.39, 0.29) is 31.1 Å². The van der Waals surface area contributed by atoms with Gasteiger partial charge in [-0.05, 0) is 77.0 Å². The molecule has 0 saturated carbocycles. The Labute approximate surface area is 472 Å². The van der Waals surface area contributed by atoms with Crippen LogP contribution in [0.4, 0.5) is 0 Å². The SMILES string of the molecule is CC/C=C\C/C=C\C/C=C\C/C=C\CCCCCCCCCCCCCCCCCCCCCCCCC(=O)OCC(COC(=O)CCCCCCC/C=C\CCC)OC(=O)CCCCCCCCCCCCCCC. The summed E-state index contributed by atoms with van der Waals surface area (Å²) >= 11 is 0. The molecule has 0 saturated heterocycles. The van der Waals surface area contributed by atoms with Crippen molar-refractivity contribution in [1.82, 2.24) is 0 Å². The quantitative estimate of drug-likeness (QED) is 0.0261. The second-order valence-electron chi connectivity index (χ2n) is 22.4. The van der Waals surface area contributed by atoms with Crippen LogP contribution in [0.1, 0.15) is 348 Å². The van der Waals surface area contributed by atoms with E-state index in [1.54, 1.807) is 0 Å². The van der Waals surface area contributed by atoms with Crippen molar-refractivity contribution in [2.75, 3.05) is 13.2 Å². The molecule has 0 bridgehead atoms. The fourth-order valence-electron chi connectivity index (χ4n) is 9.79. The molecule has 0 heterocycles. The van der Waals surface area contributed by atoms with Crippen LogP contribution in [0.25, 0.3) is 0 Å². The normalized spacial score (nSPS) is 12.4. The lowest BCUT2D eigenvalue weighted by Crippen LogP contribution is -2.30. The van der Waals surface area contributed by atoms with Crippen molar-refractivity contribution in [3.8, 4) is 0 Å². The first kappa shape index (κ1) is 73.1. The summed E-state index contributed by atoms with van der Waals surface area (Å²) in [4.78, 5) is 38.1. The molecule has 0 amide bonds. The van der Waals surface area contributed by atoms with Crippen LogP contribution in [0.15, 0.2) is 60.8 Å². The van der Waals surface area contributed by atoms with Crippen LogP contribution in [-0.4, -0.2) is 37.2 Å². The van der Waals surface area contributed by atoms with Gasteiger partial charge in [0.15, 0.2) is 6.10 Å². The van der Waals surface area contributed by atoms with E-state index in [1.807, 2.05) is 0 Å². The minimum atomic E-state index is -0.771. The lowest BCUT2D eigenvalue weighted by molar-refractivity contribution is -0.167. The number of hydrogen-bond acceptors (Lipinski definition) is 6. The van der Waals surface area contributed by atoms with Crippen LogP contribution in [0.3, 0.4) is 0 Å². The van der Waals surface area contributed by atoms with E-state index in [2.05, 4.69) is 81.5 Å². The molecule has 6 heteroatoms. The van der Waals surface area contributed by atoms with Gasteiger partial charge in [0.25, 0.3) is 0 Å². The van der Waals surface area contributed by atoms with Gasteiger partial charge in [-0.15, -0.1) is 0 Å². The topological polar surface area (TPSA) is 78.9 Å². The zero-order valence-corrected chi connectivity index (χ0v) is 50.8. The van der Waals surface area contributed by atoms with E-state index in [0.717, 1.165) is 96.3 Å². The van der Waals surface area contributed by atoms with Gasteiger partial charge in [0.05, 0.1) is 0 Å². The molecule has 6 nitrogen and oxygen atoms in total. The zero-order valence-electron chi connectivity index (χ0n) is 50.8. The van der Waals surface area contributed by atoms with Gasteiger partial charge in [-0.3, -0.25) is 14.4 Å². The summed E-state index contributed by atoms with van der Waals surface area (Å²) in [6.07, 6.45) is 82.7. The van der Waals surface area contributed by atoms with E-state index in [4.69, 9.17) is 14.2 Å². The van der Waals surface area contributed by atoms with E-state index in [1.165, 1.54) is 212 Å². The Hall–Kier alpha value is -2.89. The van der Waals surface area contributed by atoms with Crippen molar-refractivity contribution in [3.05, 3.63) is 60.8 Å². The summed E-state index contributed by atoms with van der Waals surface area (Å²) in [5.41, 5.74) is 0. The Morgan fingerprint density at radius 3 is 0.868 bits per heavy atom. The first-order valence-corrected chi connectivity index (χ1v) is 33.3. The second kappa shape index (κ2) is 64.6. The van der Waals surface area contributed by atoms with Crippen LogP contribution < -0.4 is 0 Å². The van der Waals surface area contributed by atoms with E-state index in [9.17, 15) is 14.4 Å². The summed E-state index contributed by atoms with van der Waals surface area (Å²) in [6.45, 7) is 6.50. The van der Waals surface area contributed by atoms with Crippen molar-refractivity contribution in [1.29, 1.82) is 0 Å². The van der Waals surface area contributed by atoms with Gasteiger partial charge in [-0.25, -0.2) is 0 Å². The summed E-state index contributed by atoms with van der Waals surface area (Å²) in [6, 6.07) is 0. The maximum atomic E-state index is 12.8. The summed E-state index contributed by atoms with van der Waals surface area (Å²) in [5, 5.41) is 0. The van der Waals surface area contributed by atoms with Crippen LogP contribution in [0, 0.1) is 0 Å². The molecule has 0 aromatic carbocycles. The predicted octanol–water partition coefficient (Wildman–Crippen LogP) is 22.7. The number of ether oxygens (including phenoxy) is 3. The van der Waals surface area contributed by atoms with Gasteiger partial charge in [0.2, 0.25) is 0 Å².